The number of aromatic nitrogens is 1. The number of amides is 1. The zero-order chi connectivity index (χ0) is 17.8. The third-order valence-electron chi connectivity index (χ3n) is 3.09. The van der Waals surface area contributed by atoms with Gasteiger partial charge in [0.15, 0.2) is 0 Å². The van der Waals surface area contributed by atoms with Gasteiger partial charge in [0.2, 0.25) is 5.78 Å². The number of carbonyl (C=O) groups excluding carboxylic acids is 3. The summed E-state index contributed by atoms with van der Waals surface area (Å²) in [5.41, 5.74) is 1.99. The van der Waals surface area contributed by atoms with E-state index in [1.54, 1.807) is 41.5 Å². The number of hydrogen-bond donors (Lipinski definition) is 2. The molecule has 1 aromatic heterocycles. The molecule has 2 N–H and O–H groups in total. The predicted molar refractivity (Wildman–Crippen MR) is 88.2 cm³/mol. The van der Waals surface area contributed by atoms with Crippen molar-refractivity contribution in [2.45, 2.75) is 47.1 Å². The summed E-state index contributed by atoms with van der Waals surface area (Å²) < 4.78 is 4.97. The maximum atomic E-state index is 11.9. The van der Waals surface area contributed by atoms with Crippen LogP contribution in [0.3, 0.4) is 0 Å². The van der Waals surface area contributed by atoms with E-state index in [0.29, 0.717) is 16.8 Å². The normalized spacial score (nSPS) is 11.6. The first-order valence-electron chi connectivity index (χ1n) is 7.47. The lowest BCUT2D eigenvalue weighted by Gasteiger charge is -2.19. The number of rotatable bonds is 5. The molecule has 0 saturated carbocycles. The number of carbonyl (C=O) groups is 3. The van der Waals surface area contributed by atoms with Gasteiger partial charge < -0.3 is 15.0 Å². The zero-order valence-electron chi connectivity index (χ0n) is 14.5. The van der Waals surface area contributed by atoms with Gasteiger partial charge in [0.1, 0.15) is 5.69 Å². The number of esters is 1. The van der Waals surface area contributed by atoms with Crippen molar-refractivity contribution < 1.29 is 19.1 Å². The van der Waals surface area contributed by atoms with Gasteiger partial charge in [-0.25, -0.2) is 4.79 Å². The first kappa shape index (κ1) is 18.7. The van der Waals surface area contributed by atoms with E-state index in [9.17, 15) is 14.4 Å². The first-order chi connectivity index (χ1) is 10.6. The third-order valence-corrected chi connectivity index (χ3v) is 3.09. The molecule has 23 heavy (non-hydrogen) atoms. The highest BCUT2D eigenvalue weighted by atomic mass is 16.5. The van der Waals surface area contributed by atoms with Gasteiger partial charge in [0.05, 0.1) is 6.61 Å². The van der Waals surface area contributed by atoms with E-state index in [2.05, 4.69) is 10.3 Å². The van der Waals surface area contributed by atoms with Crippen LogP contribution in [0.15, 0.2) is 6.08 Å². The summed E-state index contributed by atoms with van der Waals surface area (Å²) in [6.45, 7) is 11.0. The minimum absolute atomic E-state index is 0.285. The Morgan fingerprint density at radius 1 is 1.22 bits per heavy atom. The summed E-state index contributed by atoms with van der Waals surface area (Å²) in [6, 6.07) is 0. The number of aryl methyl sites for hydroxylation is 1. The monoisotopic (exact) mass is 320 g/mol. The number of hydrogen-bond acceptors (Lipinski definition) is 4. The Morgan fingerprint density at radius 3 is 2.35 bits per heavy atom. The standard InChI is InChI=1S/C17H24N2O4/c1-7-23-16(22)14-10(2)12(11(3)18-14)8-9-13(20)15(21)19-17(4,5)6/h8-9,18H,7H2,1-6H3,(H,19,21)/b9-8+. The molecular weight excluding hydrogens is 296 g/mol. The van der Waals surface area contributed by atoms with Crippen LogP contribution < -0.4 is 5.32 Å². The maximum absolute atomic E-state index is 11.9. The molecule has 0 unspecified atom stereocenters. The van der Waals surface area contributed by atoms with Crippen molar-refractivity contribution in [3.8, 4) is 0 Å². The second kappa shape index (κ2) is 7.26. The largest absolute Gasteiger partial charge is 0.461 e. The summed E-state index contributed by atoms with van der Waals surface area (Å²) in [4.78, 5) is 38.4. The van der Waals surface area contributed by atoms with E-state index >= 15 is 0 Å². The average Bonchev–Trinajstić information content (AvgIpc) is 2.70. The van der Waals surface area contributed by atoms with Gasteiger partial charge in [-0.3, -0.25) is 9.59 Å². The fraction of sp³-hybridized carbons (Fsp3) is 0.471. The highest BCUT2D eigenvalue weighted by Crippen LogP contribution is 2.20. The Morgan fingerprint density at radius 2 is 1.83 bits per heavy atom. The van der Waals surface area contributed by atoms with Gasteiger partial charge in [0, 0.05) is 11.2 Å². The summed E-state index contributed by atoms with van der Waals surface area (Å²) in [5.74, 6) is -1.74. The second-order valence-corrected chi connectivity index (χ2v) is 6.29. The molecule has 1 amide bonds. The number of ketones is 1. The van der Waals surface area contributed by atoms with Gasteiger partial charge in [-0.15, -0.1) is 0 Å². The molecule has 0 saturated heterocycles. The Balaban J connectivity index is 2.95. The van der Waals surface area contributed by atoms with Crippen molar-refractivity contribution in [3.63, 3.8) is 0 Å². The van der Waals surface area contributed by atoms with E-state index in [-0.39, 0.29) is 6.61 Å². The molecule has 0 aliphatic carbocycles. The molecule has 0 aromatic carbocycles. The van der Waals surface area contributed by atoms with Crippen LogP contribution in [-0.4, -0.2) is 34.8 Å². The van der Waals surface area contributed by atoms with E-state index in [1.807, 2.05) is 0 Å². The van der Waals surface area contributed by atoms with Crippen molar-refractivity contribution in [1.29, 1.82) is 0 Å². The Labute approximate surface area is 136 Å². The second-order valence-electron chi connectivity index (χ2n) is 6.29. The molecule has 0 spiro atoms. The van der Waals surface area contributed by atoms with E-state index in [0.717, 1.165) is 5.69 Å². The fourth-order valence-electron chi connectivity index (χ4n) is 2.06. The summed E-state index contributed by atoms with van der Waals surface area (Å²) in [5, 5.41) is 2.60. The van der Waals surface area contributed by atoms with Crippen molar-refractivity contribution >= 4 is 23.7 Å². The lowest BCUT2D eigenvalue weighted by Crippen LogP contribution is -2.43. The molecule has 1 aromatic rings. The van der Waals surface area contributed by atoms with Crippen LogP contribution >= 0.6 is 0 Å². The molecule has 0 radical (unpaired) electrons. The summed E-state index contributed by atoms with van der Waals surface area (Å²) >= 11 is 0. The summed E-state index contributed by atoms with van der Waals surface area (Å²) in [7, 11) is 0. The van der Waals surface area contributed by atoms with E-state index < -0.39 is 23.2 Å². The SMILES string of the molecule is CCOC(=O)c1[nH]c(C)c(/C=C/C(=O)C(=O)NC(C)(C)C)c1C. The molecule has 6 nitrogen and oxygen atoms in total. The summed E-state index contributed by atoms with van der Waals surface area (Å²) in [6.07, 6.45) is 2.74. The molecule has 0 aliphatic heterocycles. The van der Waals surface area contributed by atoms with Crippen LogP contribution in [0.2, 0.25) is 0 Å². The lowest BCUT2D eigenvalue weighted by atomic mass is 10.1. The molecule has 0 fully saturated rings. The predicted octanol–water partition coefficient (Wildman–Crippen LogP) is 2.31. The highest BCUT2D eigenvalue weighted by Gasteiger charge is 2.20. The fourth-order valence-corrected chi connectivity index (χ4v) is 2.06. The Hall–Kier alpha value is -2.37. The molecule has 6 heteroatoms. The number of H-pyrrole nitrogens is 1. The number of ether oxygens (including phenoxy) is 1. The molecule has 1 heterocycles. The van der Waals surface area contributed by atoms with Crippen molar-refractivity contribution in [2.75, 3.05) is 6.61 Å². The van der Waals surface area contributed by atoms with Gasteiger partial charge in [-0.05, 0) is 64.8 Å². The van der Waals surface area contributed by atoms with Crippen LogP contribution in [0.1, 0.15) is 55.0 Å². The molecule has 0 atom stereocenters. The van der Waals surface area contributed by atoms with E-state index in [1.165, 1.54) is 12.2 Å². The smallest absolute Gasteiger partial charge is 0.355 e. The number of aromatic amines is 1. The molecular formula is C17H24N2O4. The van der Waals surface area contributed by atoms with Crippen LogP contribution in [0.4, 0.5) is 0 Å². The van der Waals surface area contributed by atoms with Crippen LogP contribution in [0.5, 0.6) is 0 Å². The van der Waals surface area contributed by atoms with E-state index in [4.69, 9.17) is 4.74 Å². The topological polar surface area (TPSA) is 88.3 Å². The maximum Gasteiger partial charge on any atom is 0.355 e. The molecule has 0 bridgehead atoms. The van der Waals surface area contributed by atoms with Gasteiger partial charge >= 0.3 is 5.97 Å². The van der Waals surface area contributed by atoms with Gasteiger partial charge in [-0.2, -0.15) is 0 Å². The van der Waals surface area contributed by atoms with Crippen molar-refractivity contribution in [2.24, 2.45) is 0 Å². The average molecular weight is 320 g/mol. The van der Waals surface area contributed by atoms with Gasteiger partial charge in [0.25, 0.3) is 5.91 Å². The first-order valence-corrected chi connectivity index (χ1v) is 7.47. The van der Waals surface area contributed by atoms with Gasteiger partial charge in [-0.1, -0.05) is 0 Å². The Kier molecular flexibility index (Phi) is 5.90. The Bertz CT molecular complexity index is 648. The van der Waals surface area contributed by atoms with Crippen LogP contribution in [-0.2, 0) is 14.3 Å². The van der Waals surface area contributed by atoms with Crippen molar-refractivity contribution in [1.82, 2.24) is 10.3 Å². The van der Waals surface area contributed by atoms with Crippen LogP contribution in [0, 0.1) is 13.8 Å². The molecule has 0 aliphatic rings. The lowest BCUT2D eigenvalue weighted by molar-refractivity contribution is -0.136. The molecule has 1 rings (SSSR count). The van der Waals surface area contributed by atoms with Crippen LogP contribution in [0.25, 0.3) is 6.08 Å². The minimum Gasteiger partial charge on any atom is -0.461 e. The number of nitrogens with one attached hydrogen (secondary N) is 2. The highest BCUT2D eigenvalue weighted by molar-refractivity contribution is 6.41. The zero-order valence-corrected chi connectivity index (χ0v) is 14.5. The van der Waals surface area contributed by atoms with Crippen molar-refractivity contribution in [3.05, 3.63) is 28.6 Å². The third kappa shape index (κ3) is 5.09. The quantitative estimate of drug-likeness (QED) is 0.495. The molecule has 126 valence electrons. The minimum atomic E-state index is -0.662.